The zero-order chi connectivity index (χ0) is 18.1. The minimum absolute atomic E-state index is 0.0997. The summed E-state index contributed by atoms with van der Waals surface area (Å²) in [4.78, 5) is 29.9. The van der Waals surface area contributed by atoms with E-state index in [-0.39, 0.29) is 22.7 Å². The summed E-state index contributed by atoms with van der Waals surface area (Å²) in [5.74, 6) is -1.14. The normalized spacial score (nSPS) is 10.7. The second-order valence-corrected chi connectivity index (χ2v) is 6.38. The van der Waals surface area contributed by atoms with Gasteiger partial charge in [0, 0.05) is 29.4 Å². The van der Waals surface area contributed by atoms with Gasteiger partial charge in [0.15, 0.2) is 16.5 Å². The van der Waals surface area contributed by atoms with Gasteiger partial charge in [0.25, 0.3) is 5.91 Å². The van der Waals surface area contributed by atoms with Crippen LogP contribution < -0.4 is 14.8 Å². The number of amides is 1. The minimum atomic E-state index is -1.20. The number of benzene rings is 1. The van der Waals surface area contributed by atoms with E-state index < -0.39 is 11.9 Å². The first kappa shape index (κ1) is 16.8. The molecular formula is C16H15N3O5S. The number of aromatic nitrogens is 2. The van der Waals surface area contributed by atoms with E-state index in [1.807, 2.05) is 13.1 Å². The standard InChI is InChI=1S/C16H15N3O5S/c1-8-6-19-7-11(18-16(19)25-8)14(20)17-10-5-13(24-3)12(23-2)4-9(10)15(21)22/h4-7H,1-3H3,(H,17,20)(H,21,22). The van der Waals surface area contributed by atoms with E-state index in [0.29, 0.717) is 10.7 Å². The monoisotopic (exact) mass is 361 g/mol. The van der Waals surface area contributed by atoms with Crippen molar-refractivity contribution < 1.29 is 24.2 Å². The number of ether oxygens (including phenoxy) is 2. The molecule has 3 aromatic rings. The Balaban J connectivity index is 1.96. The maximum atomic E-state index is 12.4. The van der Waals surface area contributed by atoms with Crippen LogP contribution in [0.1, 0.15) is 25.7 Å². The highest BCUT2D eigenvalue weighted by molar-refractivity contribution is 7.17. The smallest absolute Gasteiger partial charge is 0.337 e. The number of aryl methyl sites for hydroxylation is 1. The molecule has 9 heteroatoms. The molecule has 2 heterocycles. The van der Waals surface area contributed by atoms with Crippen molar-refractivity contribution in [1.82, 2.24) is 9.38 Å². The molecule has 0 aliphatic rings. The maximum Gasteiger partial charge on any atom is 0.337 e. The van der Waals surface area contributed by atoms with Crippen molar-refractivity contribution in [2.45, 2.75) is 6.92 Å². The van der Waals surface area contributed by atoms with Gasteiger partial charge in [-0.3, -0.25) is 9.20 Å². The van der Waals surface area contributed by atoms with Gasteiger partial charge in [-0.1, -0.05) is 0 Å². The number of hydrogen-bond donors (Lipinski definition) is 2. The molecule has 0 radical (unpaired) electrons. The number of fused-ring (bicyclic) bond motifs is 1. The van der Waals surface area contributed by atoms with Crippen LogP contribution in [0.4, 0.5) is 5.69 Å². The Bertz CT molecular complexity index is 944. The van der Waals surface area contributed by atoms with E-state index in [1.54, 1.807) is 10.6 Å². The predicted molar refractivity (Wildman–Crippen MR) is 92.3 cm³/mol. The highest BCUT2D eigenvalue weighted by Gasteiger charge is 2.20. The highest BCUT2D eigenvalue weighted by atomic mass is 32.1. The lowest BCUT2D eigenvalue weighted by molar-refractivity contribution is 0.0697. The van der Waals surface area contributed by atoms with Crippen LogP contribution in [0.2, 0.25) is 0 Å². The largest absolute Gasteiger partial charge is 0.493 e. The molecule has 1 amide bonds. The number of imidazole rings is 1. The number of carbonyl (C=O) groups excluding carboxylic acids is 1. The van der Waals surface area contributed by atoms with Crippen LogP contribution in [0.5, 0.6) is 11.5 Å². The summed E-state index contributed by atoms with van der Waals surface area (Å²) < 4.78 is 12.0. The van der Waals surface area contributed by atoms with E-state index >= 15 is 0 Å². The zero-order valence-corrected chi connectivity index (χ0v) is 14.5. The first-order valence-corrected chi connectivity index (χ1v) is 8.00. The maximum absolute atomic E-state index is 12.4. The third-order valence-electron chi connectivity index (χ3n) is 3.51. The molecule has 0 aliphatic carbocycles. The topological polar surface area (TPSA) is 102 Å². The number of nitrogens with zero attached hydrogens (tertiary/aromatic N) is 2. The summed E-state index contributed by atoms with van der Waals surface area (Å²) in [6.07, 6.45) is 3.46. The van der Waals surface area contributed by atoms with Crippen LogP contribution in [-0.2, 0) is 0 Å². The lowest BCUT2D eigenvalue weighted by Gasteiger charge is -2.13. The molecule has 0 atom stereocenters. The number of carboxylic acid groups (broad SMARTS) is 1. The predicted octanol–water partition coefficient (Wildman–Crippen LogP) is 2.67. The van der Waals surface area contributed by atoms with Crippen molar-refractivity contribution in [2.75, 3.05) is 19.5 Å². The van der Waals surface area contributed by atoms with Gasteiger partial charge in [0.2, 0.25) is 0 Å². The number of aromatic carboxylic acids is 1. The second-order valence-electron chi connectivity index (χ2n) is 5.17. The Morgan fingerprint density at radius 2 is 1.88 bits per heavy atom. The summed E-state index contributed by atoms with van der Waals surface area (Å²) in [5, 5.41) is 12.0. The van der Waals surface area contributed by atoms with E-state index in [2.05, 4.69) is 10.3 Å². The van der Waals surface area contributed by atoms with Crippen LogP contribution in [-0.4, -0.2) is 40.6 Å². The average molecular weight is 361 g/mol. The SMILES string of the molecule is COc1cc(NC(=O)c2cn3cc(C)sc3n2)c(C(=O)O)cc1OC. The molecule has 2 aromatic heterocycles. The molecule has 0 saturated carbocycles. The number of rotatable bonds is 5. The Labute approximate surface area is 146 Å². The molecule has 130 valence electrons. The van der Waals surface area contributed by atoms with Gasteiger partial charge in [-0.25, -0.2) is 9.78 Å². The molecule has 2 N–H and O–H groups in total. The van der Waals surface area contributed by atoms with Gasteiger partial charge < -0.3 is 19.9 Å². The van der Waals surface area contributed by atoms with E-state index in [1.165, 1.54) is 37.7 Å². The average Bonchev–Trinajstić information content (AvgIpc) is 3.11. The Kier molecular flexibility index (Phi) is 4.32. The third-order valence-corrected chi connectivity index (χ3v) is 4.42. The molecule has 1 aromatic carbocycles. The van der Waals surface area contributed by atoms with Crippen LogP contribution >= 0.6 is 11.3 Å². The summed E-state index contributed by atoms with van der Waals surface area (Å²) in [6.45, 7) is 1.95. The van der Waals surface area contributed by atoms with E-state index in [0.717, 1.165) is 4.88 Å². The van der Waals surface area contributed by atoms with Gasteiger partial charge in [-0.2, -0.15) is 0 Å². The van der Waals surface area contributed by atoms with Gasteiger partial charge in [0.05, 0.1) is 25.5 Å². The third kappa shape index (κ3) is 3.13. The van der Waals surface area contributed by atoms with Crippen molar-refractivity contribution >= 4 is 33.9 Å². The van der Waals surface area contributed by atoms with Crippen LogP contribution in [0.15, 0.2) is 24.5 Å². The summed E-state index contributed by atoms with van der Waals surface area (Å²) >= 11 is 1.46. The summed E-state index contributed by atoms with van der Waals surface area (Å²) in [7, 11) is 2.83. The van der Waals surface area contributed by atoms with Crippen molar-refractivity contribution in [1.29, 1.82) is 0 Å². The second kappa shape index (κ2) is 6.44. The number of anilines is 1. The zero-order valence-electron chi connectivity index (χ0n) is 13.7. The number of thiazole rings is 1. The molecule has 0 spiro atoms. The lowest BCUT2D eigenvalue weighted by Crippen LogP contribution is -2.15. The fourth-order valence-electron chi connectivity index (χ4n) is 2.37. The Hall–Kier alpha value is -3.07. The molecule has 0 unspecified atom stereocenters. The summed E-state index contributed by atoms with van der Waals surface area (Å²) in [5.41, 5.74) is 0.183. The number of methoxy groups -OCH3 is 2. The molecular weight excluding hydrogens is 346 g/mol. The highest BCUT2D eigenvalue weighted by Crippen LogP contribution is 2.33. The number of hydrogen-bond acceptors (Lipinski definition) is 6. The summed E-state index contributed by atoms with van der Waals surface area (Å²) in [6, 6.07) is 2.70. The first-order chi connectivity index (χ1) is 11.9. The van der Waals surface area contributed by atoms with Crippen LogP contribution in [0.3, 0.4) is 0 Å². The quantitative estimate of drug-likeness (QED) is 0.724. The minimum Gasteiger partial charge on any atom is -0.493 e. The van der Waals surface area contributed by atoms with Crippen molar-refractivity contribution in [3.05, 3.63) is 40.7 Å². The Morgan fingerprint density at radius 3 is 2.48 bits per heavy atom. The molecule has 0 aliphatic heterocycles. The number of nitrogens with one attached hydrogen (secondary N) is 1. The van der Waals surface area contributed by atoms with E-state index in [4.69, 9.17) is 9.47 Å². The fraction of sp³-hybridized carbons (Fsp3) is 0.188. The van der Waals surface area contributed by atoms with Gasteiger partial charge in [-0.05, 0) is 6.92 Å². The number of carbonyl (C=O) groups is 2. The lowest BCUT2D eigenvalue weighted by atomic mass is 10.1. The van der Waals surface area contributed by atoms with Crippen molar-refractivity contribution in [2.24, 2.45) is 0 Å². The molecule has 25 heavy (non-hydrogen) atoms. The van der Waals surface area contributed by atoms with Crippen molar-refractivity contribution in [3.63, 3.8) is 0 Å². The number of carboxylic acids is 1. The molecule has 3 rings (SSSR count). The molecule has 0 fully saturated rings. The first-order valence-electron chi connectivity index (χ1n) is 7.18. The fourth-order valence-corrected chi connectivity index (χ4v) is 3.17. The van der Waals surface area contributed by atoms with Gasteiger partial charge >= 0.3 is 5.97 Å². The van der Waals surface area contributed by atoms with Gasteiger partial charge in [-0.15, -0.1) is 11.3 Å². The van der Waals surface area contributed by atoms with E-state index in [9.17, 15) is 14.7 Å². The van der Waals surface area contributed by atoms with Crippen molar-refractivity contribution in [3.8, 4) is 11.5 Å². The Morgan fingerprint density at radius 1 is 1.20 bits per heavy atom. The molecule has 0 bridgehead atoms. The molecule has 0 saturated heterocycles. The molecule has 8 nitrogen and oxygen atoms in total. The van der Waals surface area contributed by atoms with Crippen LogP contribution in [0.25, 0.3) is 4.96 Å². The van der Waals surface area contributed by atoms with Crippen LogP contribution in [0, 0.1) is 6.92 Å². The van der Waals surface area contributed by atoms with Gasteiger partial charge in [0.1, 0.15) is 5.69 Å².